The molecule has 0 bridgehead atoms. The van der Waals surface area contributed by atoms with Gasteiger partial charge in [0.05, 0.1) is 11.9 Å². The third-order valence-electron chi connectivity index (χ3n) is 5.72. The van der Waals surface area contributed by atoms with E-state index < -0.39 is 28.5 Å². The summed E-state index contributed by atoms with van der Waals surface area (Å²) < 4.78 is 26.5. The Hall–Kier alpha value is -3.07. The third kappa shape index (κ3) is 8.48. The number of benzene rings is 3. The second-order valence-electron chi connectivity index (χ2n) is 9.27. The maximum Gasteiger partial charge on any atom is 0.244 e. The zero-order valence-electron chi connectivity index (χ0n) is 21.5. The number of hydrogen-bond acceptors (Lipinski definition) is 4. The number of anilines is 1. The fourth-order valence-electron chi connectivity index (χ4n) is 4.01. The average molecular weight is 577 g/mol. The van der Waals surface area contributed by atoms with Gasteiger partial charge in [-0.25, -0.2) is 8.42 Å². The maximum atomic E-state index is 13.9. The molecule has 1 N–H and O–H groups in total. The number of rotatable bonds is 11. The van der Waals surface area contributed by atoms with Crippen LogP contribution in [0.3, 0.4) is 0 Å². The van der Waals surface area contributed by atoms with E-state index in [1.807, 2.05) is 44.2 Å². The smallest absolute Gasteiger partial charge is 0.244 e. The average Bonchev–Trinajstić information content (AvgIpc) is 2.84. The summed E-state index contributed by atoms with van der Waals surface area (Å²) in [5.41, 5.74) is 1.81. The molecular weight excluding hydrogens is 545 g/mol. The second kappa shape index (κ2) is 13.1. The summed E-state index contributed by atoms with van der Waals surface area (Å²) in [6, 6.07) is 21.5. The van der Waals surface area contributed by atoms with Gasteiger partial charge in [0.1, 0.15) is 12.6 Å². The number of halogens is 2. The van der Waals surface area contributed by atoms with E-state index in [-0.39, 0.29) is 30.6 Å². The Kier molecular flexibility index (Phi) is 10.2. The molecule has 3 aromatic carbocycles. The van der Waals surface area contributed by atoms with Crippen molar-refractivity contribution in [2.75, 3.05) is 17.1 Å². The molecule has 38 heavy (non-hydrogen) atoms. The van der Waals surface area contributed by atoms with Gasteiger partial charge in [-0.2, -0.15) is 0 Å². The van der Waals surface area contributed by atoms with Crippen LogP contribution in [0.4, 0.5) is 5.69 Å². The van der Waals surface area contributed by atoms with E-state index in [1.165, 1.54) is 11.0 Å². The molecule has 0 radical (unpaired) electrons. The van der Waals surface area contributed by atoms with E-state index in [0.29, 0.717) is 15.6 Å². The summed E-state index contributed by atoms with van der Waals surface area (Å²) in [5, 5.41) is 3.73. The molecule has 202 valence electrons. The Balaban J connectivity index is 2.06. The molecule has 0 aliphatic carbocycles. The summed E-state index contributed by atoms with van der Waals surface area (Å²) >= 11 is 12.3. The predicted octanol–water partition coefficient (Wildman–Crippen LogP) is 4.92. The Morgan fingerprint density at radius 3 is 2.05 bits per heavy atom. The topological polar surface area (TPSA) is 86.8 Å². The van der Waals surface area contributed by atoms with Crippen LogP contribution in [0.1, 0.15) is 25.0 Å². The van der Waals surface area contributed by atoms with Gasteiger partial charge in [0, 0.05) is 29.1 Å². The lowest BCUT2D eigenvalue weighted by Crippen LogP contribution is -2.54. The van der Waals surface area contributed by atoms with Gasteiger partial charge in [0.2, 0.25) is 21.8 Å². The highest BCUT2D eigenvalue weighted by atomic mass is 35.5. The van der Waals surface area contributed by atoms with E-state index >= 15 is 0 Å². The van der Waals surface area contributed by atoms with Crippen LogP contribution in [0.15, 0.2) is 78.9 Å². The van der Waals surface area contributed by atoms with Gasteiger partial charge in [-0.1, -0.05) is 71.7 Å². The number of nitrogens with zero attached hydrogens (tertiary/aromatic N) is 2. The normalized spacial score (nSPS) is 12.2. The van der Waals surface area contributed by atoms with Gasteiger partial charge in [-0.05, 0) is 55.3 Å². The number of sulfonamides is 1. The van der Waals surface area contributed by atoms with E-state index in [9.17, 15) is 18.0 Å². The quantitative estimate of drug-likeness (QED) is 0.351. The van der Waals surface area contributed by atoms with E-state index in [1.54, 1.807) is 42.5 Å². The molecule has 0 aromatic heterocycles. The highest BCUT2D eigenvalue weighted by Crippen LogP contribution is 2.23. The van der Waals surface area contributed by atoms with Crippen molar-refractivity contribution in [3.63, 3.8) is 0 Å². The number of carbonyl (C=O) groups excluding carboxylic acids is 2. The van der Waals surface area contributed by atoms with Crippen molar-refractivity contribution in [3.8, 4) is 0 Å². The van der Waals surface area contributed by atoms with Gasteiger partial charge in [-0.15, -0.1) is 0 Å². The number of amides is 2. The van der Waals surface area contributed by atoms with Gasteiger partial charge < -0.3 is 10.2 Å². The monoisotopic (exact) mass is 575 g/mol. The summed E-state index contributed by atoms with van der Waals surface area (Å²) in [6.07, 6.45) is 1.26. The van der Waals surface area contributed by atoms with Crippen LogP contribution in [0.2, 0.25) is 10.0 Å². The zero-order valence-corrected chi connectivity index (χ0v) is 23.8. The molecule has 0 aliphatic heterocycles. The molecule has 0 fully saturated rings. The largest absolute Gasteiger partial charge is 0.352 e. The first-order chi connectivity index (χ1) is 17.9. The van der Waals surface area contributed by atoms with Crippen LogP contribution >= 0.6 is 23.2 Å². The summed E-state index contributed by atoms with van der Waals surface area (Å²) in [5.74, 6) is -0.886. The van der Waals surface area contributed by atoms with E-state index in [2.05, 4.69) is 5.32 Å². The van der Waals surface area contributed by atoms with Crippen molar-refractivity contribution >= 4 is 50.7 Å². The maximum absolute atomic E-state index is 13.9. The third-order valence-corrected chi connectivity index (χ3v) is 7.33. The van der Waals surface area contributed by atoms with Crippen molar-refractivity contribution in [3.05, 3.63) is 100 Å². The van der Waals surface area contributed by atoms with Crippen molar-refractivity contribution < 1.29 is 18.0 Å². The summed E-state index contributed by atoms with van der Waals surface area (Å²) in [7, 11) is -3.86. The van der Waals surface area contributed by atoms with Crippen molar-refractivity contribution in [1.29, 1.82) is 0 Å². The Morgan fingerprint density at radius 1 is 0.868 bits per heavy atom. The van der Waals surface area contributed by atoms with Crippen LogP contribution in [-0.4, -0.2) is 50.0 Å². The zero-order chi connectivity index (χ0) is 27.9. The molecule has 3 aromatic rings. The molecular formula is C28H31Cl2N3O4S. The van der Waals surface area contributed by atoms with Crippen molar-refractivity contribution in [2.45, 2.75) is 38.9 Å². The standard InChI is InChI=1S/C28H31Cl2N3O4S/c1-20(2)31-28(35)26(16-21-9-5-4-6-10-21)32(18-22-11-7-12-23(29)15-22)27(34)19-33(38(3,36)37)25-14-8-13-24(30)17-25/h4-15,17,20,26H,16,18-19H2,1-3H3,(H,31,35)/t26-/m0/s1. The van der Waals surface area contributed by atoms with E-state index in [4.69, 9.17) is 23.2 Å². The molecule has 0 saturated heterocycles. The first kappa shape index (κ1) is 29.5. The Morgan fingerprint density at radius 2 is 1.47 bits per heavy atom. The second-order valence-corrected chi connectivity index (χ2v) is 12.0. The minimum absolute atomic E-state index is 0.0511. The highest BCUT2D eigenvalue weighted by Gasteiger charge is 2.33. The Bertz CT molecular complexity index is 1370. The number of hydrogen-bond donors (Lipinski definition) is 1. The molecule has 7 nitrogen and oxygen atoms in total. The van der Waals surface area contributed by atoms with Gasteiger partial charge >= 0.3 is 0 Å². The minimum atomic E-state index is -3.86. The van der Waals surface area contributed by atoms with Crippen LogP contribution in [-0.2, 0) is 32.6 Å². The van der Waals surface area contributed by atoms with Crippen LogP contribution in [0.25, 0.3) is 0 Å². The fraction of sp³-hybridized carbons (Fsp3) is 0.286. The number of nitrogens with one attached hydrogen (secondary N) is 1. The summed E-state index contributed by atoms with van der Waals surface area (Å²) in [4.78, 5) is 28.8. The van der Waals surface area contributed by atoms with Crippen molar-refractivity contribution in [2.24, 2.45) is 0 Å². The van der Waals surface area contributed by atoms with Crippen molar-refractivity contribution in [1.82, 2.24) is 10.2 Å². The lowest BCUT2D eigenvalue weighted by molar-refractivity contribution is -0.140. The summed E-state index contributed by atoms with van der Waals surface area (Å²) in [6.45, 7) is 3.21. The SMILES string of the molecule is CC(C)NC(=O)[C@H](Cc1ccccc1)N(Cc1cccc(Cl)c1)C(=O)CN(c1cccc(Cl)c1)S(C)(=O)=O. The molecule has 10 heteroatoms. The fourth-order valence-corrected chi connectivity index (χ4v) is 5.25. The molecule has 3 rings (SSSR count). The van der Waals surface area contributed by atoms with Gasteiger partial charge in [0.25, 0.3) is 0 Å². The van der Waals surface area contributed by atoms with E-state index in [0.717, 1.165) is 16.1 Å². The lowest BCUT2D eigenvalue weighted by atomic mass is 10.0. The molecule has 0 spiro atoms. The van der Waals surface area contributed by atoms with Crippen LogP contribution in [0.5, 0.6) is 0 Å². The van der Waals surface area contributed by atoms with Crippen LogP contribution < -0.4 is 9.62 Å². The van der Waals surface area contributed by atoms with Gasteiger partial charge in [0.15, 0.2) is 0 Å². The molecule has 1 atom stereocenters. The minimum Gasteiger partial charge on any atom is -0.352 e. The lowest BCUT2D eigenvalue weighted by Gasteiger charge is -2.34. The molecule has 0 unspecified atom stereocenters. The Labute approximate surface area is 234 Å². The molecule has 0 saturated carbocycles. The first-order valence-corrected chi connectivity index (χ1v) is 14.7. The highest BCUT2D eigenvalue weighted by molar-refractivity contribution is 7.92. The number of carbonyl (C=O) groups is 2. The molecule has 2 amide bonds. The molecule has 0 heterocycles. The molecule has 0 aliphatic rings. The van der Waals surface area contributed by atoms with Crippen LogP contribution in [0, 0.1) is 0 Å². The predicted molar refractivity (Wildman–Crippen MR) is 153 cm³/mol. The first-order valence-electron chi connectivity index (χ1n) is 12.1. The van der Waals surface area contributed by atoms with Gasteiger partial charge in [-0.3, -0.25) is 13.9 Å².